The van der Waals surface area contributed by atoms with Gasteiger partial charge in [-0.2, -0.15) is 13.2 Å². The van der Waals surface area contributed by atoms with Crippen LogP contribution in [0.1, 0.15) is 29.2 Å². The van der Waals surface area contributed by atoms with Crippen LogP contribution in [0.25, 0.3) is 11.1 Å². The van der Waals surface area contributed by atoms with E-state index in [-0.39, 0.29) is 11.3 Å². The van der Waals surface area contributed by atoms with Crippen molar-refractivity contribution in [2.45, 2.75) is 18.7 Å². The highest BCUT2D eigenvalue weighted by atomic mass is 19.4. The summed E-state index contributed by atoms with van der Waals surface area (Å²) in [6.07, 6.45) is -4.48. The number of carbonyl (C=O) groups is 1. The molecule has 30 heavy (non-hydrogen) atoms. The van der Waals surface area contributed by atoms with Gasteiger partial charge in [0.2, 0.25) is 0 Å². The third kappa shape index (κ3) is 3.15. The standard InChI is InChI=1S/C25H19F3O2/c1-16-23(29)21(17-8-4-2-5-9-17)22(18-10-6-3-7-11-18)24(16,30)19-12-14-20(15-13-19)25(26,27)28/h2-16,30H,1H3. The molecule has 4 rings (SSSR count). The van der Waals surface area contributed by atoms with Gasteiger partial charge in [-0.3, -0.25) is 4.79 Å². The summed E-state index contributed by atoms with van der Waals surface area (Å²) in [5, 5.41) is 11.9. The van der Waals surface area contributed by atoms with E-state index in [0.29, 0.717) is 22.3 Å². The number of alkyl halides is 3. The first-order chi connectivity index (χ1) is 14.2. The largest absolute Gasteiger partial charge is 0.416 e. The molecule has 3 aromatic rings. The SMILES string of the molecule is CC1C(=O)C(c2ccccc2)=C(c2ccccc2)C1(O)c1ccc(C(F)(F)F)cc1. The van der Waals surface area contributed by atoms with Crippen molar-refractivity contribution in [2.75, 3.05) is 0 Å². The molecule has 0 aliphatic heterocycles. The van der Waals surface area contributed by atoms with Crippen LogP contribution in [0, 0.1) is 5.92 Å². The number of halogens is 3. The predicted octanol–water partition coefficient (Wildman–Crippen LogP) is 5.72. The quantitative estimate of drug-likeness (QED) is 0.602. The highest BCUT2D eigenvalue weighted by molar-refractivity contribution is 6.33. The molecular weight excluding hydrogens is 389 g/mol. The van der Waals surface area contributed by atoms with Gasteiger partial charge in [-0.1, -0.05) is 79.7 Å². The van der Waals surface area contributed by atoms with Crippen LogP contribution in [0.5, 0.6) is 0 Å². The molecule has 0 bridgehead atoms. The highest BCUT2D eigenvalue weighted by Crippen LogP contribution is 2.53. The van der Waals surface area contributed by atoms with Crippen molar-refractivity contribution in [3.05, 3.63) is 107 Å². The first kappa shape index (κ1) is 20.1. The second-order valence-corrected chi connectivity index (χ2v) is 7.41. The minimum atomic E-state index is -4.48. The van der Waals surface area contributed by atoms with Gasteiger partial charge in [0.1, 0.15) is 5.60 Å². The molecule has 5 heteroatoms. The van der Waals surface area contributed by atoms with Crippen molar-refractivity contribution in [3.8, 4) is 0 Å². The summed E-state index contributed by atoms with van der Waals surface area (Å²) in [5.74, 6) is -1.11. The maximum Gasteiger partial charge on any atom is 0.416 e. The number of ketones is 1. The molecule has 3 aromatic carbocycles. The Bertz CT molecular complexity index is 1100. The molecule has 0 aromatic heterocycles. The summed E-state index contributed by atoms with van der Waals surface area (Å²) in [5.41, 5.74) is -0.203. The number of carbonyl (C=O) groups excluding carboxylic acids is 1. The van der Waals surface area contributed by atoms with Gasteiger partial charge in [-0.15, -0.1) is 0 Å². The zero-order chi connectivity index (χ0) is 21.5. The van der Waals surface area contributed by atoms with Gasteiger partial charge < -0.3 is 5.11 Å². The van der Waals surface area contributed by atoms with Crippen LogP contribution in [0.15, 0.2) is 84.9 Å². The van der Waals surface area contributed by atoms with Crippen LogP contribution >= 0.6 is 0 Å². The summed E-state index contributed by atoms with van der Waals surface area (Å²) in [4.78, 5) is 13.3. The van der Waals surface area contributed by atoms with Gasteiger partial charge in [-0.25, -0.2) is 0 Å². The third-order valence-electron chi connectivity index (χ3n) is 5.67. The van der Waals surface area contributed by atoms with Gasteiger partial charge in [-0.05, 0) is 28.8 Å². The Morgan fingerprint density at radius 2 is 1.30 bits per heavy atom. The smallest absolute Gasteiger partial charge is 0.380 e. The monoisotopic (exact) mass is 408 g/mol. The molecule has 1 aliphatic carbocycles. The van der Waals surface area contributed by atoms with E-state index in [9.17, 15) is 23.1 Å². The molecule has 2 nitrogen and oxygen atoms in total. The first-order valence-electron chi connectivity index (χ1n) is 9.54. The van der Waals surface area contributed by atoms with E-state index in [1.807, 2.05) is 12.1 Å². The number of allylic oxidation sites excluding steroid dienone is 1. The molecule has 0 amide bonds. The summed E-state index contributed by atoms with van der Waals surface area (Å²) in [7, 11) is 0. The fourth-order valence-electron chi connectivity index (χ4n) is 4.10. The van der Waals surface area contributed by atoms with Crippen molar-refractivity contribution >= 4 is 16.9 Å². The lowest BCUT2D eigenvalue weighted by molar-refractivity contribution is -0.137. The average molecular weight is 408 g/mol. The minimum Gasteiger partial charge on any atom is -0.380 e. The Labute approximate surface area is 172 Å². The summed E-state index contributed by atoms with van der Waals surface area (Å²) in [6.45, 7) is 1.61. The second-order valence-electron chi connectivity index (χ2n) is 7.41. The second kappa shape index (κ2) is 7.26. The van der Waals surface area contributed by atoms with Crippen LogP contribution in [-0.2, 0) is 16.6 Å². The lowest BCUT2D eigenvalue weighted by Crippen LogP contribution is -2.34. The average Bonchev–Trinajstić information content (AvgIpc) is 2.96. The zero-order valence-corrected chi connectivity index (χ0v) is 16.1. The normalized spacial score (nSPS) is 21.9. The molecule has 0 heterocycles. The molecule has 2 atom stereocenters. The molecule has 2 unspecified atom stereocenters. The Morgan fingerprint density at radius 3 is 1.80 bits per heavy atom. The first-order valence-corrected chi connectivity index (χ1v) is 9.54. The molecule has 1 N–H and O–H groups in total. The van der Waals surface area contributed by atoms with Crippen LogP contribution in [-0.4, -0.2) is 10.9 Å². The van der Waals surface area contributed by atoms with E-state index in [4.69, 9.17) is 0 Å². The maximum absolute atomic E-state index is 13.3. The van der Waals surface area contributed by atoms with Gasteiger partial charge in [0.05, 0.1) is 11.5 Å². The van der Waals surface area contributed by atoms with Crippen LogP contribution in [0.3, 0.4) is 0 Å². The topological polar surface area (TPSA) is 37.3 Å². The van der Waals surface area contributed by atoms with Crippen molar-refractivity contribution in [3.63, 3.8) is 0 Å². The molecule has 1 aliphatic rings. The molecule has 0 radical (unpaired) electrons. The number of hydrogen-bond donors (Lipinski definition) is 1. The van der Waals surface area contributed by atoms with Crippen molar-refractivity contribution in [1.82, 2.24) is 0 Å². The molecule has 0 saturated carbocycles. The maximum atomic E-state index is 13.3. The Kier molecular flexibility index (Phi) is 4.86. The van der Waals surface area contributed by atoms with Crippen molar-refractivity contribution < 1.29 is 23.1 Å². The Hall–Kier alpha value is -3.18. The molecule has 0 saturated heterocycles. The van der Waals surface area contributed by atoms with Crippen molar-refractivity contribution in [2.24, 2.45) is 5.92 Å². The molecule has 0 fully saturated rings. The predicted molar refractivity (Wildman–Crippen MR) is 109 cm³/mol. The van der Waals surface area contributed by atoms with E-state index in [1.165, 1.54) is 12.1 Å². The van der Waals surface area contributed by atoms with E-state index in [1.54, 1.807) is 55.5 Å². The summed E-state index contributed by atoms with van der Waals surface area (Å²) in [6, 6.07) is 22.4. The number of aliphatic hydroxyl groups is 1. The molecule has 0 spiro atoms. The van der Waals surface area contributed by atoms with E-state index in [0.717, 1.165) is 12.1 Å². The number of rotatable bonds is 3. The Balaban J connectivity index is 1.98. The van der Waals surface area contributed by atoms with Crippen LogP contribution in [0.4, 0.5) is 13.2 Å². The van der Waals surface area contributed by atoms with Crippen LogP contribution < -0.4 is 0 Å². The van der Waals surface area contributed by atoms with E-state index < -0.39 is 23.3 Å². The van der Waals surface area contributed by atoms with E-state index in [2.05, 4.69) is 0 Å². The fourth-order valence-corrected chi connectivity index (χ4v) is 4.10. The minimum absolute atomic E-state index is 0.248. The highest BCUT2D eigenvalue weighted by Gasteiger charge is 2.52. The lowest BCUT2D eigenvalue weighted by Gasteiger charge is -2.31. The van der Waals surface area contributed by atoms with Gasteiger partial charge in [0.15, 0.2) is 5.78 Å². The Morgan fingerprint density at radius 1 is 0.800 bits per heavy atom. The van der Waals surface area contributed by atoms with Gasteiger partial charge in [0.25, 0.3) is 0 Å². The third-order valence-corrected chi connectivity index (χ3v) is 5.67. The van der Waals surface area contributed by atoms with Crippen LogP contribution in [0.2, 0.25) is 0 Å². The van der Waals surface area contributed by atoms with Gasteiger partial charge >= 0.3 is 6.18 Å². The summed E-state index contributed by atoms with van der Waals surface area (Å²) < 4.78 is 39.1. The number of benzene rings is 3. The van der Waals surface area contributed by atoms with E-state index >= 15 is 0 Å². The lowest BCUT2D eigenvalue weighted by atomic mass is 9.78. The summed E-state index contributed by atoms with van der Waals surface area (Å²) >= 11 is 0. The fraction of sp³-hybridized carbons (Fsp3) is 0.160. The molecular formula is C25H19F3O2. The molecule has 152 valence electrons. The number of hydrogen-bond acceptors (Lipinski definition) is 2. The number of Topliss-reactive ketones (excluding diaryl/α,β-unsaturated/α-hetero) is 1. The zero-order valence-electron chi connectivity index (χ0n) is 16.1. The van der Waals surface area contributed by atoms with Crippen molar-refractivity contribution in [1.29, 1.82) is 0 Å². The van der Waals surface area contributed by atoms with Gasteiger partial charge in [0, 0.05) is 11.1 Å².